The SMILES string of the molecule is CC1(C)c2ccccc2-c2cc(-c3ccccc3-c3ccccc3)c(N(c3ccc(C4CCCCC4)cc3)c3ccc(C4CC5CCC4C5)cc3)cc21. The van der Waals surface area contributed by atoms with Crippen LogP contribution in [0.25, 0.3) is 33.4 Å². The molecule has 6 aromatic rings. The Morgan fingerprint density at radius 1 is 0.491 bits per heavy atom. The summed E-state index contributed by atoms with van der Waals surface area (Å²) in [6.07, 6.45) is 12.4. The zero-order valence-electron chi connectivity index (χ0n) is 31.4. The van der Waals surface area contributed by atoms with E-state index in [-0.39, 0.29) is 5.41 Å². The van der Waals surface area contributed by atoms with E-state index in [2.05, 4.69) is 158 Å². The van der Waals surface area contributed by atoms with Crippen LogP contribution in [0.5, 0.6) is 0 Å². The van der Waals surface area contributed by atoms with Crippen LogP contribution in [0.15, 0.2) is 140 Å². The fourth-order valence-corrected chi connectivity index (χ4v) is 11.0. The second-order valence-electron chi connectivity index (χ2n) is 17.1. The predicted octanol–water partition coefficient (Wildman–Crippen LogP) is 14.7. The summed E-state index contributed by atoms with van der Waals surface area (Å²) in [6, 6.07) is 53.6. The summed E-state index contributed by atoms with van der Waals surface area (Å²) in [4.78, 5) is 2.58. The Morgan fingerprint density at radius 3 is 1.81 bits per heavy atom. The maximum atomic E-state index is 2.58. The smallest absolute Gasteiger partial charge is 0.0543 e. The van der Waals surface area contributed by atoms with Gasteiger partial charge in [0.2, 0.25) is 0 Å². The van der Waals surface area contributed by atoms with Gasteiger partial charge >= 0.3 is 0 Å². The van der Waals surface area contributed by atoms with Crippen LogP contribution in [0.3, 0.4) is 0 Å². The van der Waals surface area contributed by atoms with Crippen molar-refractivity contribution in [3.05, 3.63) is 162 Å². The van der Waals surface area contributed by atoms with Crippen LogP contribution < -0.4 is 4.90 Å². The van der Waals surface area contributed by atoms with E-state index in [9.17, 15) is 0 Å². The van der Waals surface area contributed by atoms with Crippen LogP contribution in [-0.4, -0.2) is 0 Å². The number of hydrogen-bond donors (Lipinski definition) is 0. The van der Waals surface area contributed by atoms with Gasteiger partial charge in [0, 0.05) is 22.4 Å². The fraction of sp³-hybridized carbons (Fsp3) is 0.308. The summed E-state index contributed by atoms with van der Waals surface area (Å²) in [5.74, 6) is 3.21. The van der Waals surface area contributed by atoms with Gasteiger partial charge in [-0.25, -0.2) is 0 Å². The van der Waals surface area contributed by atoms with Gasteiger partial charge in [0.15, 0.2) is 0 Å². The summed E-state index contributed by atoms with van der Waals surface area (Å²) >= 11 is 0. The van der Waals surface area contributed by atoms with Gasteiger partial charge < -0.3 is 4.90 Å². The van der Waals surface area contributed by atoms with Gasteiger partial charge in [0.1, 0.15) is 0 Å². The van der Waals surface area contributed by atoms with E-state index in [0.29, 0.717) is 5.92 Å². The van der Waals surface area contributed by atoms with Gasteiger partial charge in [-0.1, -0.05) is 143 Å². The molecule has 53 heavy (non-hydrogen) atoms. The standard InChI is InChI=1S/C52H51N/c1-52(2)49-20-12-11-19-45(49)47-33-48(44-18-10-9-17-43(44)38-15-7-4-8-16-38)51(34-50(47)52)53(41-27-23-37(24-28-41)36-13-5-3-6-14-36)42-29-25-39(26-30-42)46-32-35-21-22-40(46)31-35/h4,7-12,15-20,23-30,33-36,40,46H,3,5-6,13-14,21-22,31-32H2,1-2H3. The quantitative estimate of drug-likeness (QED) is 0.161. The Labute approximate surface area is 316 Å². The average molecular weight is 690 g/mol. The van der Waals surface area contributed by atoms with Gasteiger partial charge in [-0.3, -0.25) is 0 Å². The van der Waals surface area contributed by atoms with E-state index in [0.717, 1.165) is 17.8 Å². The molecule has 3 unspecified atom stereocenters. The molecule has 264 valence electrons. The first-order chi connectivity index (χ1) is 26.0. The van der Waals surface area contributed by atoms with Crippen molar-refractivity contribution in [2.75, 3.05) is 4.90 Å². The summed E-state index contributed by atoms with van der Waals surface area (Å²) in [5, 5.41) is 0. The maximum absolute atomic E-state index is 2.58. The third kappa shape index (κ3) is 5.67. The van der Waals surface area contributed by atoms with Crippen LogP contribution in [0.1, 0.15) is 106 Å². The number of fused-ring (bicyclic) bond motifs is 5. The van der Waals surface area contributed by atoms with E-state index < -0.39 is 0 Å². The van der Waals surface area contributed by atoms with Crippen LogP contribution in [-0.2, 0) is 5.41 Å². The van der Waals surface area contributed by atoms with E-state index in [4.69, 9.17) is 0 Å². The van der Waals surface area contributed by atoms with E-state index >= 15 is 0 Å². The maximum Gasteiger partial charge on any atom is 0.0543 e. The molecule has 3 saturated carbocycles. The highest BCUT2D eigenvalue weighted by Crippen LogP contribution is 2.56. The Balaban J connectivity index is 1.18. The molecule has 1 nitrogen and oxygen atoms in total. The van der Waals surface area contributed by atoms with Crippen molar-refractivity contribution in [3.8, 4) is 33.4 Å². The minimum Gasteiger partial charge on any atom is -0.310 e. The largest absolute Gasteiger partial charge is 0.310 e. The van der Waals surface area contributed by atoms with Crippen molar-refractivity contribution >= 4 is 17.1 Å². The van der Waals surface area contributed by atoms with Crippen molar-refractivity contribution in [1.82, 2.24) is 0 Å². The lowest BCUT2D eigenvalue weighted by molar-refractivity contribution is 0.420. The molecule has 0 saturated heterocycles. The molecule has 10 rings (SSSR count). The molecule has 1 heteroatoms. The molecule has 0 amide bonds. The first-order valence-electron chi connectivity index (χ1n) is 20.5. The predicted molar refractivity (Wildman–Crippen MR) is 224 cm³/mol. The Hall–Kier alpha value is -4.88. The molecule has 0 radical (unpaired) electrons. The molecule has 3 atom stereocenters. The highest BCUT2D eigenvalue weighted by molar-refractivity contribution is 5.98. The van der Waals surface area contributed by atoms with Gasteiger partial charge in [0.05, 0.1) is 5.69 Å². The number of hydrogen-bond acceptors (Lipinski definition) is 1. The number of benzene rings is 6. The molecule has 2 bridgehead atoms. The van der Waals surface area contributed by atoms with Gasteiger partial charge in [-0.2, -0.15) is 0 Å². The van der Waals surface area contributed by atoms with Gasteiger partial charge in [-0.05, 0) is 142 Å². The molecule has 0 aromatic heterocycles. The monoisotopic (exact) mass is 689 g/mol. The fourth-order valence-electron chi connectivity index (χ4n) is 11.0. The Bertz CT molecular complexity index is 2250. The zero-order valence-corrected chi connectivity index (χ0v) is 31.4. The molecule has 4 aliphatic rings. The topological polar surface area (TPSA) is 3.24 Å². The lowest BCUT2D eigenvalue weighted by Gasteiger charge is -2.32. The Morgan fingerprint density at radius 2 is 1.13 bits per heavy atom. The van der Waals surface area contributed by atoms with Crippen LogP contribution >= 0.6 is 0 Å². The van der Waals surface area contributed by atoms with Crippen LogP contribution in [0.4, 0.5) is 17.1 Å². The van der Waals surface area contributed by atoms with Crippen molar-refractivity contribution in [3.63, 3.8) is 0 Å². The van der Waals surface area contributed by atoms with Crippen LogP contribution in [0.2, 0.25) is 0 Å². The van der Waals surface area contributed by atoms with Crippen molar-refractivity contribution in [2.24, 2.45) is 11.8 Å². The third-order valence-electron chi connectivity index (χ3n) is 13.8. The molecular formula is C52H51N. The highest BCUT2D eigenvalue weighted by atomic mass is 15.1. The van der Waals surface area contributed by atoms with Gasteiger partial charge in [-0.15, -0.1) is 0 Å². The minimum absolute atomic E-state index is 0.111. The van der Waals surface area contributed by atoms with Crippen molar-refractivity contribution in [1.29, 1.82) is 0 Å². The molecule has 0 spiro atoms. The molecule has 0 aliphatic heterocycles. The van der Waals surface area contributed by atoms with Crippen molar-refractivity contribution < 1.29 is 0 Å². The second kappa shape index (κ2) is 13.2. The highest BCUT2D eigenvalue weighted by Gasteiger charge is 2.40. The van der Waals surface area contributed by atoms with E-state index in [1.165, 1.54) is 130 Å². The minimum atomic E-state index is -0.111. The normalized spacial score (nSPS) is 21.4. The van der Waals surface area contributed by atoms with E-state index in [1.54, 1.807) is 0 Å². The van der Waals surface area contributed by atoms with Crippen LogP contribution in [0, 0.1) is 11.8 Å². The van der Waals surface area contributed by atoms with Crippen molar-refractivity contribution in [2.45, 2.75) is 88.9 Å². The van der Waals surface area contributed by atoms with Gasteiger partial charge in [0.25, 0.3) is 0 Å². The molecule has 0 heterocycles. The summed E-state index contributed by atoms with van der Waals surface area (Å²) in [5.41, 5.74) is 17.2. The van der Waals surface area contributed by atoms with E-state index in [1.807, 2.05) is 0 Å². The average Bonchev–Trinajstić information content (AvgIpc) is 3.92. The number of nitrogens with zero attached hydrogens (tertiary/aromatic N) is 1. The molecule has 3 fully saturated rings. The summed E-state index contributed by atoms with van der Waals surface area (Å²) in [7, 11) is 0. The number of anilines is 3. The lowest BCUT2D eigenvalue weighted by Crippen LogP contribution is -2.17. The molecule has 6 aromatic carbocycles. The second-order valence-corrected chi connectivity index (χ2v) is 17.1. The Kier molecular flexibility index (Phi) is 8.16. The first kappa shape index (κ1) is 32.7. The number of rotatable bonds is 7. The molecule has 4 aliphatic carbocycles. The summed E-state index contributed by atoms with van der Waals surface area (Å²) in [6.45, 7) is 4.82. The lowest BCUT2D eigenvalue weighted by atomic mass is 9.81. The first-order valence-corrected chi connectivity index (χ1v) is 20.5. The molecular weight excluding hydrogens is 639 g/mol. The third-order valence-corrected chi connectivity index (χ3v) is 13.8. The molecule has 0 N–H and O–H groups in total. The summed E-state index contributed by atoms with van der Waals surface area (Å²) < 4.78 is 0. The zero-order chi connectivity index (χ0) is 35.5.